The van der Waals surface area contributed by atoms with E-state index >= 15 is 0 Å². The minimum atomic E-state index is -0.977. The van der Waals surface area contributed by atoms with E-state index in [0.29, 0.717) is 12.0 Å². The van der Waals surface area contributed by atoms with Crippen molar-refractivity contribution in [1.29, 1.82) is 0 Å². The third kappa shape index (κ3) is 1.77. The summed E-state index contributed by atoms with van der Waals surface area (Å²) in [6.45, 7) is 2.01. The summed E-state index contributed by atoms with van der Waals surface area (Å²) in [7, 11) is 0. The van der Waals surface area contributed by atoms with E-state index in [0.717, 1.165) is 11.1 Å². The highest BCUT2D eigenvalue weighted by molar-refractivity contribution is 5.92. The van der Waals surface area contributed by atoms with Crippen LogP contribution in [0.1, 0.15) is 30.4 Å². The van der Waals surface area contributed by atoms with Crippen LogP contribution in [0.15, 0.2) is 24.3 Å². The molecule has 0 spiro atoms. The van der Waals surface area contributed by atoms with Crippen molar-refractivity contribution < 1.29 is 14.3 Å². The first-order valence-electron chi connectivity index (χ1n) is 4.81. The number of carbonyl (C=O) groups is 1. The molecular formula is C12H11FO2. The molecule has 0 amide bonds. The molecule has 0 saturated carbocycles. The lowest BCUT2D eigenvalue weighted by molar-refractivity contribution is -0.131. The molecule has 1 aliphatic carbocycles. The van der Waals surface area contributed by atoms with Crippen LogP contribution >= 0.6 is 0 Å². The first-order chi connectivity index (χ1) is 7.08. The number of benzene rings is 1. The number of hydrogen-bond acceptors (Lipinski definition) is 1. The number of aliphatic carboxylic acids is 1. The fourth-order valence-electron chi connectivity index (χ4n) is 2.07. The number of carboxylic acid groups (broad SMARTS) is 1. The van der Waals surface area contributed by atoms with Crippen LogP contribution in [0.25, 0.3) is 5.57 Å². The highest BCUT2D eigenvalue weighted by Gasteiger charge is 2.23. The summed E-state index contributed by atoms with van der Waals surface area (Å²) in [5.41, 5.74) is 2.48. The fourth-order valence-corrected chi connectivity index (χ4v) is 2.07. The van der Waals surface area contributed by atoms with Gasteiger partial charge in [-0.2, -0.15) is 0 Å². The Hall–Kier alpha value is -1.64. The first-order valence-corrected chi connectivity index (χ1v) is 4.81. The average molecular weight is 206 g/mol. The van der Waals surface area contributed by atoms with Gasteiger partial charge in [-0.1, -0.05) is 13.0 Å². The van der Waals surface area contributed by atoms with Gasteiger partial charge in [-0.25, -0.2) is 9.18 Å². The predicted molar refractivity (Wildman–Crippen MR) is 55.0 cm³/mol. The zero-order valence-electron chi connectivity index (χ0n) is 8.33. The molecule has 3 heteroatoms. The molecule has 1 atom stereocenters. The topological polar surface area (TPSA) is 37.3 Å². The Balaban J connectivity index is 2.53. The molecule has 1 aliphatic rings. The van der Waals surface area contributed by atoms with Crippen molar-refractivity contribution in [2.45, 2.75) is 19.3 Å². The van der Waals surface area contributed by atoms with Gasteiger partial charge < -0.3 is 5.11 Å². The standard InChI is InChI=1S/C12H11FO2/c1-7-4-8(5-12(14)15)11-6-9(13)2-3-10(7)11/h2-3,5-7H,4H2,1H3,(H,14,15). The van der Waals surface area contributed by atoms with Gasteiger partial charge in [-0.05, 0) is 41.2 Å². The second-order valence-electron chi connectivity index (χ2n) is 3.84. The van der Waals surface area contributed by atoms with E-state index in [1.165, 1.54) is 18.2 Å². The lowest BCUT2D eigenvalue weighted by Gasteiger charge is -2.02. The molecule has 1 aromatic rings. The minimum Gasteiger partial charge on any atom is -0.478 e. The molecule has 0 bridgehead atoms. The molecule has 0 radical (unpaired) electrons. The number of hydrogen-bond donors (Lipinski definition) is 1. The summed E-state index contributed by atoms with van der Waals surface area (Å²) in [5.74, 6) is -1.03. The molecule has 0 aliphatic heterocycles. The highest BCUT2D eigenvalue weighted by atomic mass is 19.1. The molecule has 0 heterocycles. The molecule has 0 saturated heterocycles. The molecule has 2 rings (SSSR count). The third-order valence-corrected chi connectivity index (χ3v) is 2.72. The molecule has 1 unspecified atom stereocenters. The van der Waals surface area contributed by atoms with Gasteiger partial charge >= 0.3 is 5.97 Å². The third-order valence-electron chi connectivity index (χ3n) is 2.72. The molecule has 78 valence electrons. The SMILES string of the molecule is CC1CC(=CC(=O)O)c2cc(F)ccc21. The predicted octanol–water partition coefficient (Wildman–Crippen LogP) is 2.80. The Morgan fingerprint density at radius 1 is 1.60 bits per heavy atom. The zero-order chi connectivity index (χ0) is 11.0. The Morgan fingerprint density at radius 2 is 2.33 bits per heavy atom. The van der Waals surface area contributed by atoms with Crippen LogP contribution in [0, 0.1) is 5.82 Å². The van der Waals surface area contributed by atoms with Crippen LogP contribution in [0.4, 0.5) is 4.39 Å². The summed E-state index contributed by atoms with van der Waals surface area (Å²) in [5, 5.41) is 8.68. The van der Waals surface area contributed by atoms with Crippen molar-refractivity contribution in [1.82, 2.24) is 0 Å². The quantitative estimate of drug-likeness (QED) is 0.717. The van der Waals surface area contributed by atoms with Crippen molar-refractivity contribution in [3.63, 3.8) is 0 Å². The van der Waals surface area contributed by atoms with E-state index in [4.69, 9.17) is 5.11 Å². The summed E-state index contributed by atoms with van der Waals surface area (Å²) >= 11 is 0. The van der Waals surface area contributed by atoms with Crippen molar-refractivity contribution >= 4 is 11.5 Å². The second kappa shape index (κ2) is 3.50. The minimum absolute atomic E-state index is 0.270. The van der Waals surface area contributed by atoms with Crippen LogP contribution in [0.5, 0.6) is 0 Å². The van der Waals surface area contributed by atoms with E-state index in [1.807, 2.05) is 6.92 Å². The van der Waals surface area contributed by atoms with Gasteiger partial charge in [0.2, 0.25) is 0 Å². The normalized spacial score (nSPS) is 21.7. The molecular weight excluding hydrogens is 195 g/mol. The van der Waals surface area contributed by atoms with Crippen molar-refractivity contribution in [2.75, 3.05) is 0 Å². The maximum absolute atomic E-state index is 13.0. The Kier molecular flexibility index (Phi) is 2.31. The van der Waals surface area contributed by atoms with Gasteiger partial charge in [0.25, 0.3) is 0 Å². The Labute approximate surface area is 87.0 Å². The zero-order valence-corrected chi connectivity index (χ0v) is 8.33. The van der Waals surface area contributed by atoms with Crippen LogP contribution in [-0.2, 0) is 4.79 Å². The van der Waals surface area contributed by atoms with Gasteiger partial charge in [-0.3, -0.25) is 0 Å². The van der Waals surface area contributed by atoms with Gasteiger partial charge in [0.1, 0.15) is 5.82 Å². The van der Waals surface area contributed by atoms with Gasteiger partial charge in [-0.15, -0.1) is 0 Å². The van der Waals surface area contributed by atoms with E-state index in [9.17, 15) is 9.18 Å². The summed E-state index contributed by atoms with van der Waals surface area (Å²) in [4.78, 5) is 10.6. The maximum Gasteiger partial charge on any atom is 0.328 e. The number of halogens is 1. The highest BCUT2D eigenvalue weighted by Crippen LogP contribution is 2.40. The van der Waals surface area contributed by atoms with E-state index < -0.39 is 5.97 Å². The number of rotatable bonds is 1. The second-order valence-corrected chi connectivity index (χ2v) is 3.84. The van der Waals surface area contributed by atoms with Crippen LogP contribution in [0.2, 0.25) is 0 Å². The molecule has 1 N–H and O–H groups in total. The van der Waals surface area contributed by atoms with Crippen LogP contribution in [-0.4, -0.2) is 11.1 Å². The lowest BCUT2D eigenvalue weighted by atomic mass is 10.0. The fraction of sp³-hybridized carbons (Fsp3) is 0.250. The summed E-state index contributed by atoms with van der Waals surface area (Å²) < 4.78 is 13.0. The number of allylic oxidation sites excluding steroid dienone is 1. The summed E-state index contributed by atoms with van der Waals surface area (Å²) in [6, 6.07) is 4.56. The maximum atomic E-state index is 13.0. The molecule has 0 fully saturated rings. The lowest BCUT2D eigenvalue weighted by Crippen LogP contribution is -1.90. The summed E-state index contributed by atoms with van der Waals surface area (Å²) in [6.07, 6.45) is 1.84. The van der Waals surface area contributed by atoms with Crippen LogP contribution in [0.3, 0.4) is 0 Å². The van der Waals surface area contributed by atoms with Crippen molar-refractivity contribution in [2.24, 2.45) is 0 Å². The first kappa shape index (κ1) is 9.90. The van der Waals surface area contributed by atoms with Gasteiger partial charge in [0, 0.05) is 6.08 Å². The molecule has 2 nitrogen and oxygen atoms in total. The number of fused-ring (bicyclic) bond motifs is 1. The monoisotopic (exact) mass is 206 g/mol. The van der Waals surface area contributed by atoms with Crippen LogP contribution < -0.4 is 0 Å². The van der Waals surface area contributed by atoms with Gasteiger partial charge in [0.05, 0.1) is 0 Å². The smallest absolute Gasteiger partial charge is 0.328 e. The van der Waals surface area contributed by atoms with Crippen molar-refractivity contribution in [3.8, 4) is 0 Å². The van der Waals surface area contributed by atoms with Gasteiger partial charge in [0.15, 0.2) is 0 Å². The average Bonchev–Trinajstić information content (AvgIpc) is 2.42. The molecule has 0 aromatic heterocycles. The van der Waals surface area contributed by atoms with E-state index in [-0.39, 0.29) is 11.7 Å². The molecule has 15 heavy (non-hydrogen) atoms. The Bertz CT molecular complexity index is 449. The van der Waals surface area contributed by atoms with E-state index in [2.05, 4.69) is 0 Å². The van der Waals surface area contributed by atoms with E-state index in [1.54, 1.807) is 6.07 Å². The molecule has 1 aromatic carbocycles. The largest absolute Gasteiger partial charge is 0.478 e. The van der Waals surface area contributed by atoms with Crippen molar-refractivity contribution in [3.05, 3.63) is 41.2 Å². The Morgan fingerprint density at radius 3 is 3.00 bits per heavy atom. The number of carboxylic acids is 1.